The van der Waals surface area contributed by atoms with Crippen LogP contribution in [0, 0.1) is 0 Å². The summed E-state index contributed by atoms with van der Waals surface area (Å²) in [5, 5.41) is 0. The van der Waals surface area contributed by atoms with E-state index in [1.54, 1.807) is 6.20 Å². The van der Waals surface area contributed by atoms with Crippen molar-refractivity contribution >= 4 is 23.5 Å². The molecule has 2 N–H and O–H groups in total. The number of nitrogens with two attached hydrogens (primary N) is 1. The first-order chi connectivity index (χ1) is 9.60. The van der Waals surface area contributed by atoms with Crippen LogP contribution in [0.25, 0.3) is 0 Å². The molecule has 0 aliphatic carbocycles. The Morgan fingerprint density at radius 2 is 2.50 bits per heavy atom. The van der Waals surface area contributed by atoms with Gasteiger partial charge in [-0.2, -0.15) is 4.98 Å². The zero-order valence-electron chi connectivity index (χ0n) is 10.9. The van der Waals surface area contributed by atoms with E-state index in [0.29, 0.717) is 5.75 Å². The molecule has 1 aromatic heterocycles. The smallest absolute Gasteiger partial charge is 0.351 e. The number of nitrogen functional groups attached to an aromatic ring is 1. The van der Waals surface area contributed by atoms with Gasteiger partial charge in [0.05, 0.1) is 13.7 Å². The number of esters is 1. The Morgan fingerprint density at radius 3 is 3.20 bits per heavy atom. The summed E-state index contributed by atoms with van der Waals surface area (Å²) < 4.78 is 16.6. The van der Waals surface area contributed by atoms with E-state index in [1.165, 1.54) is 29.5 Å². The van der Waals surface area contributed by atoms with Crippen molar-refractivity contribution in [2.75, 3.05) is 31.8 Å². The minimum atomic E-state index is -0.452. The van der Waals surface area contributed by atoms with Crippen LogP contribution >= 0.6 is 11.8 Å². The van der Waals surface area contributed by atoms with E-state index in [9.17, 15) is 9.59 Å². The largest absolute Gasteiger partial charge is 0.467 e. The van der Waals surface area contributed by atoms with Crippen molar-refractivity contribution < 1.29 is 19.0 Å². The maximum absolute atomic E-state index is 11.7. The second-order valence-electron chi connectivity index (χ2n) is 3.99. The van der Waals surface area contributed by atoms with Gasteiger partial charge in [0, 0.05) is 11.9 Å². The van der Waals surface area contributed by atoms with Crippen molar-refractivity contribution in [3.8, 4) is 0 Å². The minimum Gasteiger partial charge on any atom is -0.467 e. The SMILES string of the molecule is COC(=O)COC[C@H]1O[C@@H](n2ccc(N)nc2=O)CS1. The third-order valence-corrected chi connectivity index (χ3v) is 3.69. The van der Waals surface area contributed by atoms with Crippen LogP contribution in [0.1, 0.15) is 6.23 Å². The topological polar surface area (TPSA) is 106 Å². The highest BCUT2D eigenvalue weighted by Crippen LogP contribution is 2.30. The Bertz CT molecular complexity index is 535. The van der Waals surface area contributed by atoms with Crippen LogP contribution in [0.2, 0.25) is 0 Å². The summed E-state index contributed by atoms with van der Waals surface area (Å²) in [4.78, 5) is 26.2. The maximum Gasteiger partial charge on any atom is 0.351 e. The molecule has 9 heteroatoms. The Balaban J connectivity index is 1.86. The lowest BCUT2D eigenvalue weighted by molar-refractivity contribution is -0.146. The van der Waals surface area contributed by atoms with Gasteiger partial charge >= 0.3 is 11.7 Å². The van der Waals surface area contributed by atoms with Gasteiger partial charge < -0.3 is 19.9 Å². The van der Waals surface area contributed by atoms with Gasteiger partial charge in [-0.05, 0) is 6.07 Å². The fourth-order valence-corrected chi connectivity index (χ4v) is 2.64. The number of aromatic nitrogens is 2. The molecular formula is C11H15N3O5S. The number of rotatable bonds is 5. The molecule has 110 valence electrons. The zero-order chi connectivity index (χ0) is 14.5. The van der Waals surface area contributed by atoms with E-state index < -0.39 is 17.9 Å². The molecule has 0 spiro atoms. The monoisotopic (exact) mass is 301 g/mol. The Kier molecular flexibility index (Phi) is 4.99. The number of hydrogen-bond donors (Lipinski definition) is 1. The van der Waals surface area contributed by atoms with Crippen LogP contribution in [0.4, 0.5) is 5.82 Å². The highest BCUT2D eigenvalue weighted by Gasteiger charge is 2.28. The number of nitrogens with zero attached hydrogens (tertiary/aromatic N) is 2. The van der Waals surface area contributed by atoms with Gasteiger partial charge in [0.1, 0.15) is 24.1 Å². The average Bonchev–Trinajstić information content (AvgIpc) is 2.87. The van der Waals surface area contributed by atoms with Crippen molar-refractivity contribution in [1.82, 2.24) is 9.55 Å². The molecule has 1 aliphatic heterocycles. The molecule has 1 aliphatic rings. The molecular weight excluding hydrogens is 286 g/mol. The summed E-state index contributed by atoms with van der Waals surface area (Å²) in [7, 11) is 1.29. The van der Waals surface area contributed by atoms with E-state index in [0.717, 1.165) is 0 Å². The van der Waals surface area contributed by atoms with Gasteiger partial charge in [0.15, 0.2) is 0 Å². The Hall–Kier alpha value is -1.58. The lowest BCUT2D eigenvalue weighted by Crippen LogP contribution is -2.29. The molecule has 0 amide bonds. The van der Waals surface area contributed by atoms with Gasteiger partial charge in [-0.25, -0.2) is 9.59 Å². The number of anilines is 1. The minimum absolute atomic E-state index is 0.120. The molecule has 0 unspecified atom stereocenters. The van der Waals surface area contributed by atoms with Crippen LogP contribution in [0.15, 0.2) is 17.1 Å². The molecule has 1 aromatic rings. The fourth-order valence-electron chi connectivity index (χ4n) is 1.62. The molecule has 1 fully saturated rings. The number of thioether (sulfide) groups is 1. The van der Waals surface area contributed by atoms with Crippen molar-refractivity contribution in [2.45, 2.75) is 11.7 Å². The second kappa shape index (κ2) is 6.73. The van der Waals surface area contributed by atoms with Crippen molar-refractivity contribution in [3.05, 3.63) is 22.7 Å². The summed E-state index contributed by atoms with van der Waals surface area (Å²) in [5.74, 6) is 0.330. The molecule has 2 rings (SSSR count). The summed E-state index contributed by atoms with van der Waals surface area (Å²) in [6, 6.07) is 1.54. The van der Waals surface area contributed by atoms with E-state index in [1.807, 2.05) is 0 Å². The molecule has 0 bridgehead atoms. The van der Waals surface area contributed by atoms with Gasteiger partial charge in [0.2, 0.25) is 0 Å². The molecule has 2 atom stereocenters. The summed E-state index contributed by atoms with van der Waals surface area (Å²) in [6.07, 6.45) is 1.14. The van der Waals surface area contributed by atoms with Gasteiger partial charge in [-0.1, -0.05) is 0 Å². The fraction of sp³-hybridized carbons (Fsp3) is 0.545. The number of carbonyl (C=O) groups is 1. The van der Waals surface area contributed by atoms with Crippen LogP contribution in [0.3, 0.4) is 0 Å². The Morgan fingerprint density at radius 1 is 1.70 bits per heavy atom. The molecule has 1 saturated heterocycles. The zero-order valence-corrected chi connectivity index (χ0v) is 11.7. The average molecular weight is 301 g/mol. The molecule has 0 aromatic carbocycles. The van der Waals surface area contributed by atoms with E-state index >= 15 is 0 Å². The van der Waals surface area contributed by atoms with Crippen molar-refractivity contribution in [2.24, 2.45) is 0 Å². The number of ether oxygens (including phenoxy) is 3. The Labute approximate surface area is 119 Å². The summed E-state index contributed by atoms with van der Waals surface area (Å²) >= 11 is 1.50. The molecule has 20 heavy (non-hydrogen) atoms. The van der Waals surface area contributed by atoms with Gasteiger partial charge in [-0.3, -0.25) is 4.57 Å². The van der Waals surface area contributed by atoms with Gasteiger partial charge in [0.25, 0.3) is 0 Å². The van der Waals surface area contributed by atoms with Gasteiger partial charge in [-0.15, -0.1) is 11.8 Å². The molecule has 8 nitrogen and oxygen atoms in total. The lowest BCUT2D eigenvalue weighted by Gasteiger charge is -2.14. The molecule has 2 heterocycles. The summed E-state index contributed by atoms with van der Waals surface area (Å²) in [6.45, 7) is 0.123. The van der Waals surface area contributed by atoms with Crippen molar-refractivity contribution in [1.29, 1.82) is 0 Å². The predicted molar refractivity (Wildman–Crippen MR) is 72.1 cm³/mol. The number of hydrogen-bond acceptors (Lipinski definition) is 8. The first-order valence-corrected chi connectivity index (χ1v) is 6.91. The highest BCUT2D eigenvalue weighted by molar-refractivity contribution is 8.00. The van der Waals surface area contributed by atoms with Crippen LogP contribution in [-0.4, -0.2) is 47.0 Å². The first kappa shape index (κ1) is 14.8. The normalized spacial score (nSPS) is 21.9. The highest BCUT2D eigenvalue weighted by atomic mass is 32.2. The second-order valence-corrected chi connectivity index (χ2v) is 5.18. The van der Waals surface area contributed by atoms with E-state index in [-0.39, 0.29) is 24.5 Å². The third kappa shape index (κ3) is 3.71. The summed E-state index contributed by atoms with van der Waals surface area (Å²) in [5.41, 5.74) is 4.73. The van der Waals surface area contributed by atoms with Crippen LogP contribution in [-0.2, 0) is 19.0 Å². The van der Waals surface area contributed by atoms with E-state index in [2.05, 4.69) is 9.72 Å². The van der Waals surface area contributed by atoms with E-state index in [4.69, 9.17) is 15.2 Å². The maximum atomic E-state index is 11.7. The van der Waals surface area contributed by atoms with Crippen molar-refractivity contribution in [3.63, 3.8) is 0 Å². The number of methoxy groups -OCH3 is 1. The van der Waals surface area contributed by atoms with Crippen LogP contribution < -0.4 is 11.4 Å². The first-order valence-electron chi connectivity index (χ1n) is 5.86. The van der Waals surface area contributed by atoms with Crippen LogP contribution in [0.5, 0.6) is 0 Å². The predicted octanol–water partition coefficient (Wildman–Crippen LogP) is -0.397. The quantitative estimate of drug-likeness (QED) is 0.733. The molecule has 0 saturated carbocycles. The lowest BCUT2D eigenvalue weighted by atomic mass is 10.5. The number of carbonyl (C=O) groups excluding carboxylic acids is 1. The molecule has 0 radical (unpaired) electrons. The standard InChI is InChI=1S/C11H15N3O5S/c1-17-9(15)4-18-5-10-19-8(6-20-10)14-3-2-7(12)13-11(14)16/h2-3,8,10H,4-6H2,1H3,(H2,12,13,16)/t8-,10+/m1/s1. The third-order valence-electron chi connectivity index (χ3n) is 2.60.